The van der Waals surface area contributed by atoms with Crippen molar-refractivity contribution in [2.24, 2.45) is 5.92 Å². The summed E-state index contributed by atoms with van der Waals surface area (Å²) in [6.45, 7) is 7.68. The van der Waals surface area contributed by atoms with Crippen LogP contribution in [-0.2, 0) is 10.2 Å². The quantitative estimate of drug-likeness (QED) is 0.364. The van der Waals surface area contributed by atoms with Crippen LogP contribution in [0.5, 0.6) is 11.5 Å². The highest BCUT2D eigenvalue weighted by Gasteiger charge is 2.23. The average Bonchev–Trinajstić information content (AvgIpc) is 2.86. The van der Waals surface area contributed by atoms with Gasteiger partial charge in [-0.3, -0.25) is 0 Å². The van der Waals surface area contributed by atoms with Crippen molar-refractivity contribution in [2.45, 2.75) is 70.5 Å². The lowest BCUT2D eigenvalue weighted by Gasteiger charge is -2.27. The second-order valence-electron chi connectivity index (χ2n) is 9.80. The minimum absolute atomic E-state index is 0.159. The number of hydrogen-bond donors (Lipinski definition) is 1. The number of aliphatic hydroxyl groups excluding tert-OH is 1. The molecule has 2 aromatic carbocycles. The van der Waals surface area contributed by atoms with Crippen molar-refractivity contribution in [1.82, 2.24) is 0 Å². The molecule has 0 heterocycles. The van der Waals surface area contributed by atoms with E-state index in [0.717, 1.165) is 24.3 Å². The van der Waals surface area contributed by atoms with Gasteiger partial charge in [-0.25, -0.2) is 0 Å². The largest absolute Gasteiger partial charge is 0.493 e. The molecule has 2 unspecified atom stereocenters. The molecule has 33 heavy (non-hydrogen) atoms. The second kappa shape index (κ2) is 12.6. The Hall–Kier alpha value is -1.75. The normalized spacial score (nSPS) is 16.9. The monoisotopic (exact) mass is 474 g/mol. The maximum absolute atomic E-state index is 10.2. The summed E-state index contributed by atoms with van der Waals surface area (Å²) < 4.78 is 17.5. The number of rotatable bonds is 12. The number of aliphatic hydroxyl groups is 1. The molecule has 3 rings (SSSR count). The SMILES string of the molecule is CC(CCl)COc1ccc(C(C)(C)c2ccc(OCC(O)COC3CCCCC3)cc2)cc1. The summed E-state index contributed by atoms with van der Waals surface area (Å²) in [5, 5.41) is 10.2. The smallest absolute Gasteiger partial charge is 0.119 e. The van der Waals surface area contributed by atoms with Gasteiger partial charge in [-0.15, -0.1) is 11.6 Å². The summed E-state index contributed by atoms with van der Waals surface area (Å²) in [4.78, 5) is 0. The Balaban J connectivity index is 1.49. The molecule has 1 N–H and O–H groups in total. The van der Waals surface area contributed by atoms with E-state index in [-0.39, 0.29) is 12.0 Å². The third-order valence-corrected chi connectivity index (χ3v) is 7.00. The molecule has 0 saturated heterocycles. The van der Waals surface area contributed by atoms with Crippen LogP contribution in [0, 0.1) is 5.92 Å². The highest BCUT2D eigenvalue weighted by molar-refractivity contribution is 6.18. The van der Waals surface area contributed by atoms with Gasteiger partial charge in [0.15, 0.2) is 0 Å². The lowest BCUT2D eigenvalue weighted by molar-refractivity contribution is -0.0363. The van der Waals surface area contributed by atoms with Gasteiger partial charge in [0, 0.05) is 17.2 Å². The third kappa shape index (κ3) is 7.91. The van der Waals surface area contributed by atoms with Gasteiger partial charge in [0.1, 0.15) is 24.2 Å². The van der Waals surface area contributed by atoms with Gasteiger partial charge in [-0.2, -0.15) is 0 Å². The van der Waals surface area contributed by atoms with Crippen LogP contribution >= 0.6 is 11.6 Å². The number of alkyl halides is 1. The second-order valence-corrected chi connectivity index (χ2v) is 10.1. The predicted octanol–water partition coefficient (Wildman–Crippen LogP) is 6.36. The van der Waals surface area contributed by atoms with Gasteiger partial charge in [0.25, 0.3) is 0 Å². The number of benzene rings is 2. The van der Waals surface area contributed by atoms with E-state index in [2.05, 4.69) is 45.0 Å². The molecule has 0 aromatic heterocycles. The summed E-state index contributed by atoms with van der Waals surface area (Å²) in [6, 6.07) is 16.4. The van der Waals surface area contributed by atoms with Crippen LogP contribution in [0.3, 0.4) is 0 Å². The van der Waals surface area contributed by atoms with Crippen molar-refractivity contribution < 1.29 is 19.3 Å². The molecule has 1 aliphatic carbocycles. The van der Waals surface area contributed by atoms with Crippen molar-refractivity contribution in [3.05, 3.63) is 59.7 Å². The minimum atomic E-state index is -0.615. The van der Waals surface area contributed by atoms with E-state index in [1.807, 2.05) is 24.3 Å². The van der Waals surface area contributed by atoms with E-state index >= 15 is 0 Å². The van der Waals surface area contributed by atoms with Crippen LogP contribution in [0.1, 0.15) is 64.0 Å². The van der Waals surface area contributed by atoms with Gasteiger partial charge in [0.2, 0.25) is 0 Å². The Morgan fingerprint density at radius 1 is 0.848 bits per heavy atom. The predicted molar refractivity (Wildman–Crippen MR) is 135 cm³/mol. The lowest BCUT2D eigenvalue weighted by atomic mass is 9.78. The molecule has 0 amide bonds. The van der Waals surface area contributed by atoms with Crippen molar-refractivity contribution >= 4 is 11.6 Å². The summed E-state index contributed by atoms with van der Waals surface area (Å²) in [5.74, 6) is 2.54. The van der Waals surface area contributed by atoms with Crippen LogP contribution in [-0.4, -0.2) is 43.0 Å². The van der Waals surface area contributed by atoms with Gasteiger partial charge in [-0.1, -0.05) is 64.3 Å². The van der Waals surface area contributed by atoms with Crippen LogP contribution in [0.15, 0.2) is 48.5 Å². The topological polar surface area (TPSA) is 47.9 Å². The Bertz CT molecular complexity index is 813. The first kappa shape index (κ1) is 25.9. The molecule has 1 fully saturated rings. The molecule has 0 spiro atoms. The van der Waals surface area contributed by atoms with E-state index in [4.69, 9.17) is 25.8 Å². The summed E-state index contributed by atoms with van der Waals surface area (Å²) in [7, 11) is 0. The molecule has 2 aromatic rings. The van der Waals surface area contributed by atoms with Gasteiger partial charge >= 0.3 is 0 Å². The first-order valence-corrected chi connectivity index (χ1v) is 12.7. The first-order chi connectivity index (χ1) is 15.9. The summed E-state index contributed by atoms with van der Waals surface area (Å²) >= 11 is 5.85. The standard InChI is InChI=1S/C28H39ClO4/c1-21(17-29)18-31-26-13-9-22(10-14-26)28(2,3)23-11-15-27(16-12-23)33-20-24(30)19-32-25-7-5-4-6-8-25/h9-16,21,24-25,30H,4-8,17-20H2,1-3H3. The molecule has 0 bridgehead atoms. The molecular weight excluding hydrogens is 436 g/mol. The van der Waals surface area contributed by atoms with Crippen LogP contribution in [0.25, 0.3) is 0 Å². The maximum atomic E-state index is 10.2. The fourth-order valence-electron chi connectivity index (χ4n) is 4.10. The fourth-order valence-corrected chi connectivity index (χ4v) is 4.19. The van der Waals surface area contributed by atoms with Crippen molar-refractivity contribution in [1.29, 1.82) is 0 Å². The highest BCUT2D eigenvalue weighted by atomic mass is 35.5. The van der Waals surface area contributed by atoms with E-state index in [9.17, 15) is 5.11 Å². The molecule has 0 radical (unpaired) electrons. The molecule has 2 atom stereocenters. The first-order valence-electron chi connectivity index (χ1n) is 12.2. The zero-order valence-electron chi connectivity index (χ0n) is 20.3. The van der Waals surface area contributed by atoms with Crippen LogP contribution in [0.4, 0.5) is 0 Å². The van der Waals surface area contributed by atoms with E-state index in [0.29, 0.717) is 31.1 Å². The van der Waals surface area contributed by atoms with Crippen LogP contribution < -0.4 is 9.47 Å². The minimum Gasteiger partial charge on any atom is -0.493 e. The molecule has 4 nitrogen and oxygen atoms in total. The van der Waals surface area contributed by atoms with Crippen molar-refractivity contribution in [3.8, 4) is 11.5 Å². The Morgan fingerprint density at radius 3 is 1.88 bits per heavy atom. The Morgan fingerprint density at radius 2 is 1.36 bits per heavy atom. The number of halogens is 1. The molecule has 1 aliphatic rings. The van der Waals surface area contributed by atoms with E-state index in [1.165, 1.54) is 30.4 Å². The van der Waals surface area contributed by atoms with Gasteiger partial charge in [-0.05, 0) is 48.2 Å². The zero-order valence-corrected chi connectivity index (χ0v) is 21.0. The Kier molecular flexibility index (Phi) is 9.91. The van der Waals surface area contributed by atoms with Crippen molar-refractivity contribution in [2.75, 3.05) is 25.7 Å². The van der Waals surface area contributed by atoms with Gasteiger partial charge in [0.05, 0.1) is 19.3 Å². The molecule has 1 saturated carbocycles. The summed E-state index contributed by atoms with van der Waals surface area (Å²) in [6.07, 6.45) is 5.65. The number of ether oxygens (including phenoxy) is 3. The van der Waals surface area contributed by atoms with Crippen molar-refractivity contribution in [3.63, 3.8) is 0 Å². The average molecular weight is 475 g/mol. The molecular formula is C28H39ClO4. The van der Waals surface area contributed by atoms with Gasteiger partial charge < -0.3 is 19.3 Å². The summed E-state index contributed by atoms with van der Waals surface area (Å²) in [5.41, 5.74) is 2.25. The lowest BCUT2D eigenvalue weighted by Crippen LogP contribution is -2.27. The molecule has 0 aliphatic heterocycles. The molecule has 5 heteroatoms. The van der Waals surface area contributed by atoms with E-state index in [1.54, 1.807) is 0 Å². The maximum Gasteiger partial charge on any atom is 0.119 e. The van der Waals surface area contributed by atoms with Crippen LogP contribution in [0.2, 0.25) is 0 Å². The highest BCUT2D eigenvalue weighted by Crippen LogP contribution is 2.33. The fraction of sp³-hybridized carbons (Fsp3) is 0.571. The molecule has 182 valence electrons. The zero-order chi connectivity index (χ0) is 23.7. The third-order valence-electron chi connectivity index (χ3n) is 6.47. The van der Waals surface area contributed by atoms with E-state index < -0.39 is 6.10 Å². The Labute approximate surface area is 204 Å². The number of hydrogen-bond acceptors (Lipinski definition) is 4.